The van der Waals surface area contributed by atoms with E-state index in [1.807, 2.05) is 31.2 Å². The predicted octanol–water partition coefficient (Wildman–Crippen LogP) is 2.96. The molecule has 2 fully saturated rings. The molecule has 7 heteroatoms. The van der Waals surface area contributed by atoms with Crippen molar-refractivity contribution in [3.05, 3.63) is 41.9 Å². The lowest BCUT2D eigenvalue weighted by Crippen LogP contribution is -2.47. The zero-order valence-electron chi connectivity index (χ0n) is 17.2. The molecule has 0 aliphatic carbocycles. The van der Waals surface area contributed by atoms with Crippen LogP contribution in [-0.2, 0) is 0 Å². The summed E-state index contributed by atoms with van der Waals surface area (Å²) in [6, 6.07) is 10.2. The van der Waals surface area contributed by atoms with Gasteiger partial charge >= 0.3 is 0 Å². The van der Waals surface area contributed by atoms with Gasteiger partial charge in [-0.3, -0.25) is 0 Å². The van der Waals surface area contributed by atoms with Crippen molar-refractivity contribution in [1.82, 2.24) is 19.9 Å². The van der Waals surface area contributed by atoms with Gasteiger partial charge < -0.3 is 14.7 Å². The van der Waals surface area contributed by atoms with Crippen molar-refractivity contribution < 1.29 is 0 Å². The summed E-state index contributed by atoms with van der Waals surface area (Å²) in [5.41, 5.74) is 2.90. The summed E-state index contributed by atoms with van der Waals surface area (Å²) in [4.78, 5) is 26.1. The average Bonchev–Trinajstić information content (AvgIpc) is 3.28. The molecule has 1 aromatic carbocycles. The van der Waals surface area contributed by atoms with Crippen LogP contribution in [0.5, 0.6) is 0 Å². The van der Waals surface area contributed by atoms with Crippen molar-refractivity contribution in [2.45, 2.75) is 26.7 Å². The van der Waals surface area contributed by atoms with Gasteiger partial charge in [-0.1, -0.05) is 12.1 Å². The Morgan fingerprint density at radius 2 is 1.21 bits per heavy atom. The smallest absolute Gasteiger partial charge is 0.150 e. The van der Waals surface area contributed by atoms with Crippen LogP contribution in [-0.4, -0.2) is 59.2 Å². The van der Waals surface area contributed by atoms with Gasteiger partial charge in [-0.15, -0.1) is 0 Å². The van der Waals surface area contributed by atoms with E-state index in [0.29, 0.717) is 0 Å². The zero-order valence-corrected chi connectivity index (χ0v) is 17.2. The van der Waals surface area contributed by atoms with Gasteiger partial charge in [0.15, 0.2) is 5.82 Å². The van der Waals surface area contributed by atoms with Gasteiger partial charge in [-0.05, 0) is 38.8 Å². The minimum absolute atomic E-state index is 0.850. The number of para-hydroxylation sites is 2. The second-order valence-electron chi connectivity index (χ2n) is 7.92. The minimum atomic E-state index is 0.850. The highest BCUT2D eigenvalue weighted by atomic mass is 15.3. The molecule has 150 valence electrons. The molecule has 0 spiro atoms. The van der Waals surface area contributed by atoms with Crippen molar-refractivity contribution in [2.24, 2.45) is 0 Å². The molecule has 0 atom stereocenters. The number of hydrogen-bond donors (Lipinski definition) is 0. The molecule has 2 aliphatic heterocycles. The largest absolute Gasteiger partial charge is 0.356 e. The first-order valence-corrected chi connectivity index (χ1v) is 10.5. The number of benzene rings is 1. The number of rotatable bonds is 3. The molecule has 0 unspecified atom stereocenters. The lowest BCUT2D eigenvalue weighted by Gasteiger charge is -2.36. The molecule has 2 aliphatic rings. The molecule has 2 aromatic heterocycles. The fourth-order valence-electron chi connectivity index (χ4n) is 4.33. The fourth-order valence-corrected chi connectivity index (χ4v) is 4.33. The van der Waals surface area contributed by atoms with E-state index in [2.05, 4.69) is 32.7 Å². The van der Waals surface area contributed by atoms with Crippen LogP contribution < -0.4 is 14.7 Å². The number of hydrogen-bond acceptors (Lipinski definition) is 7. The van der Waals surface area contributed by atoms with Crippen LogP contribution in [0.25, 0.3) is 11.0 Å². The number of fused-ring (bicyclic) bond motifs is 1. The van der Waals surface area contributed by atoms with Crippen LogP contribution in [0, 0.1) is 13.8 Å². The lowest BCUT2D eigenvalue weighted by molar-refractivity contribution is 0.638. The molecule has 0 N–H and O–H groups in total. The second-order valence-corrected chi connectivity index (χ2v) is 7.92. The van der Waals surface area contributed by atoms with Crippen LogP contribution in [0.4, 0.5) is 17.5 Å². The first-order valence-electron chi connectivity index (χ1n) is 10.5. The zero-order chi connectivity index (χ0) is 19.8. The summed E-state index contributed by atoms with van der Waals surface area (Å²) in [7, 11) is 0. The molecule has 2 saturated heterocycles. The maximum atomic E-state index is 4.89. The van der Waals surface area contributed by atoms with Gasteiger partial charge in [0.05, 0.1) is 16.7 Å². The fraction of sp³-hybridized carbons (Fsp3) is 0.455. The Hall–Kier alpha value is -2.96. The van der Waals surface area contributed by atoms with E-state index in [9.17, 15) is 0 Å². The van der Waals surface area contributed by atoms with E-state index < -0.39 is 0 Å². The van der Waals surface area contributed by atoms with E-state index in [1.165, 1.54) is 12.8 Å². The summed E-state index contributed by atoms with van der Waals surface area (Å²) >= 11 is 0. The Bertz CT molecular complexity index is 1020. The summed E-state index contributed by atoms with van der Waals surface area (Å²) in [5, 5.41) is 0. The topological polar surface area (TPSA) is 61.3 Å². The SMILES string of the molecule is Cc1nc(N2CCCC2)cc(N2CCN(c3nc4ccccc4nc3C)CC2)n1. The van der Waals surface area contributed by atoms with Crippen LogP contribution in [0.15, 0.2) is 30.3 Å². The summed E-state index contributed by atoms with van der Waals surface area (Å²) < 4.78 is 0. The Labute approximate surface area is 171 Å². The van der Waals surface area contributed by atoms with Crippen molar-refractivity contribution in [2.75, 3.05) is 54.0 Å². The molecular formula is C22H27N7. The Kier molecular flexibility index (Phi) is 4.66. The highest BCUT2D eigenvalue weighted by Crippen LogP contribution is 2.25. The number of nitrogens with zero attached hydrogens (tertiary/aromatic N) is 7. The predicted molar refractivity (Wildman–Crippen MR) is 117 cm³/mol. The van der Waals surface area contributed by atoms with Crippen molar-refractivity contribution in [1.29, 1.82) is 0 Å². The molecule has 4 heterocycles. The van der Waals surface area contributed by atoms with E-state index in [4.69, 9.17) is 15.0 Å². The Morgan fingerprint density at radius 3 is 1.86 bits per heavy atom. The van der Waals surface area contributed by atoms with Gasteiger partial charge in [0.2, 0.25) is 0 Å². The quantitative estimate of drug-likeness (QED) is 0.682. The first kappa shape index (κ1) is 18.1. The summed E-state index contributed by atoms with van der Waals surface area (Å²) in [5.74, 6) is 3.96. The van der Waals surface area contributed by atoms with E-state index in [0.717, 1.165) is 79.3 Å². The molecule has 0 saturated carbocycles. The van der Waals surface area contributed by atoms with Gasteiger partial charge in [-0.25, -0.2) is 19.9 Å². The number of aryl methyl sites for hydroxylation is 2. The van der Waals surface area contributed by atoms with Gasteiger partial charge in [0, 0.05) is 45.3 Å². The number of piperazine rings is 1. The standard InChI is InChI=1S/C22H27N7/c1-16-22(26-19-8-4-3-7-18(19)23-16)29-13-11-28(12-14-29)21-15-20(24-17(2)25-21)27-9-5-6-10-27/h3-4,7-8,15H,5-6,9-14H2,1-2H3. The highest BCUT2D eigenvalue weighted by Gasteiger charge is 2.23. The van der Waals surface area contributed by atoms with Gasteiger partial charge in [0.25, 0.3) is 0 Å². The molecular weight excluding hydrogens is 362 g/mol. The molecule has 0 radical (unpaired) electrons. The van der Waals surface area contributed by atoms with Gasteiger partial charge in [0.1, 0.15) is 17.5 Å². The van der Waals surface area contributed by atoms with E-state index in [1.54, 1.807) is 0 Å². The number of anilines is 3. The average molecular weight is 390 g/mol. The first-order chi connectivity index (χ1) is 14.2. The van der Waals surface area contributed by atoms with Crippen molar-refractivity contribution in [3.63, 3.8) is 0 Å². The third-order valence-electron chi connectivity index (χ3n) is 5.86. The number of aromatic nitrogens is 4. The highest BCUT2D eigenvalue weighted by molar-refractivity contribution is 5.76. The van der Waals surface area contributed by atoms with Crippen molar-refractivity contribution in [3.8, 4) is 0 Å². The van der Waals surface area contributed by atoms with Crippen LogP contribution >= 0.6 is 0 Å². The second kappa shape index (κ2) is 7.46. The van der Waals surface area contributed by atoms with Crippen LogP contribution in [0.1, 0.15) is 24.4 Å². The maximum absolute atomic E-state index is 4.89. The van der Waals surface area contributed by atoms with Crippen molar-refractivity contribution >= 4 is 28.5 Å². The monoisotopic (exact) mass is 389 g/mol. The normalized spacial score (nSPS) is 17.4. The molecule has 0 amide bonds. The molecule has 0 bridgehead atoms. The Balaban J connectivity index is 1.34. The maximum Gasteiger partial charge on any atom is 0.150 e. The summed E-state index contributed by atoms with van der Waals surface area (Å²) in [6.45, 7) is 9.91. The third-order valence-corrected chi connectivity index (χ3v) is 5.86. The molecule has 7 nitrogen and oxygen atoms in total. The lowest BCUT2D eigenvalue weighted by atomic mass is 10.2. The molecule has 5 rings (SSSR count). The minimum Gasteiger partial charge on any atom is -0.356 e. The molecule has 29 heavy (non-hydrogen) atoms. The summed E-state index contributed by atoms with van der Waals surface area (Å²) in [6.07, 6.45) is 2.51. The Morgan fingerprint density at radius 1 is 0.655 bits per heavy atom. The molecule has 3 aromatic rings. The van der Waals surface area contributed by atoms with E-state index in [-0.39, 0.29) is 0 Å². The van der Waals surface area contributed by atoms with Crippen LogP contribution in [0.3, 0.4) is 0 Å². The third kappa shape index (κ3) is 3.57. The van der Waals surface area contributed by atoms with E-state index >= 15 is 0 Å². The van der Waals surface area contributed by atoms with Crippen LogP contribution in [0.2, 0.25) is 0 Å². The van der Waals surface area contributed by atoms with Gasteiger partial charge in [-0.2, -0.15) is 0 Å².